The summed E-state index contributed by atoms with van der Waals surface area (Å²) in [6.45, 7) is 1.19. The van der Waals surface area contributed by atoms with Crippen LogP contribution in [0.1, 0.15) is 25.7 Å². The Bertz CT molecular complexity index is 419. The highest BCUT2D eigenvalue weighted by atomic mass is 19.4. The highest BCUT2D eigenvalue weighted by Crippen LogP contribution is 2.38. The van der Waals surface area contributed by atoms with Crippen LogP contribution < -0.4 is 5.32 Å². The second-order valence-electron chi connectivity index (χ2n) is 5.20. The molecule has 0 bridgehead atoms. The molecule has 1 heterocycles. The molecule has 1 N–H and O–H groups in total. The van der Waals surface area contributed by atoms with E-state index in [1.54, 1.807) is 24.1 Å². The van der Waals surface area contributed by atoms with Crippen molar-refractivity contribution in [3.63, 3.8) is 0 Å². The summed E-state index contributed by atoms with van der Waals surface area (Å²) in [5.74, 6) is -0.557. The van der Waals surface area contributed by atoms with Crippen LogP contribution in [-0.4, -0.2) is 35.7 Å². The topological polar surface area (TPSA) is 39.1 Å². The van der Waals surface area contributed by atoms with Crippen LogP contribution >= 0.6 is 0 Å². The first-order valence-corrected chi connectivity index (χ1v) is 6.84. The predicted octanol–water partition coefficient (Wildman–Crippen LogP) is 3.06. The largest absolute Gasteiger partial charge is 0.391 e. The first-order chi connectivity index (χ1) is 9.49. The molecule has 0 radical (unpaired) electrons. The van der Waals surface area contributed by atoms with Crippen molar-refractivity contribution in [1.82, 2.24) is 9.78 Å². The van der Waals surface area contributed by atoms with Crippen molar-refractivity contribution in [2.24, 2.45) is 5.92 Å². The zero-order chi connectivity index (χ0) is 14.6. The number of alkyl halides is 3. The number of hydrogen-bond donors (Lipinski definition) is 1. The maximum absolute atomic E-state index is 12.7. The molecule has 1 aromatic rings. The van der Waals surface area contributed by atoms with Crippen LogP contribution in [0, 0.1) is 5.92 Å². The molecule has 114 valence electrons. The minimum absolute atomic E-state index is 0.133. The Morgan fingerprint density at radius 1 is 1.45 bits per heavy atom. The van der Waals surface area contributed by atoms with Crippen molar-refractivity contribution in [3.8, 4) is 0 Å². The van der Waals surface area contributed by atoms with Gasteiger partial charge in [0.1, 0.15) is 5.82 Å². The quantitative estimate of drug-likeness (QED) is 0.906. The third kappa shape index (κ3) is 4.13. The van der Waals surface area contributed by atoms with Crippen LogP contribution in [0.4, 0.5) is 19.0 Å². The van der Waals surface area contributed by atoms with Crippen molar-refractivity contribution in [2.75, 3.05) is 19.0 Å². The number of nitrogens with one attached hydrogen (secondary N) is 1. The molecule has 7 heteroatoms. The number of aromatic nitrogens is 2. The van der Waals surface area contributed by atoms with E-state index in [0.29, 0.717) is 25.4 Å². The van der Waals surface area contributed by atoms with Crippen LogP contribution in [0.2, 0.25) is 0 Å². The SMILES string of the molecule is COCCn1ccc(N[C@H]2CCC[C@H](C(F)(F)F)C2)n1. The van der Waals surface area contributed by atoms with E-state index >= 15 is 0 Å². The normalized spacial score (nSPS) is 23.8. The molecule has 1 aliphatic rings. The third-order valence-electron chi connectivity index (χ3n) is 3.65. The maximum atomic E-state index is 12.7. The zero-order valence-electron chi connectivity index (χ0n) is 11.5. The zero-order valence-corrected chi connectivity index (χ0v) is 11.5. The predicted molar refractivity (Wildman–Crippen MR) is 69.5 cm³/mol. The Morgan fingerprint density at radius 2 is 2.25 bits per heavy atom. The third-order valence-corrected chi connectivity index (χ3v) is 3.65. The molecule has 1 saturated carbocycles. The molecule has 0 spiro atoms. The van der Waals surface area contributed by atoms with Gasteiger partial charge in [0, 0.05) is 25.4 Å². The van der Waals surface area contributed by atoms with Gasteiger partial charge < -0.3 is 10.1 Å². The number of halogens is 3. The Kier molecular flexibility index (Phi) is 4.91. The standard InChI is InChI=1S/C13H20F3N3O/c1-20-8-7-19-6-5-12(18-19)17-11-4-2-3-10(9-11)13(14,15)16/h5-6,10-11H,2-4,7-9H2,1H3,(H,17,18)/t10-,11-/m0/s1. The van der Waals surface area contributed by atoms with Crippen molar-refractivity contribution < 1.29 is 17.9 Å². The van der Waals surface area contributed by atoms with Crippen LogP contribution in [0.15, 0.2) is 12.3 Å². The van der Waals surface area contributed by atoms with E-state index in [2.05, 4.69) is 10.4 Å². The summed E-state index contributed by atoms with van der Waals surface area (Å²) in [5.41, 5.74) is 0. The number of rotatable bonds is 5. The van der Waals surface area contributed by atoms with Crippen molar-refractivity contribution >= 4 is 5.82 Å². The molecule has 0 aromatic carbocycles. The van der Waals surface area contributed by atoms with Gasteiger partial charge in [0.2, 0.25) is 0 Å². The number of nitrogens with zero attached hydrogens (tertiary/aromatic N) is 2. The maximum Gasteiger partial charge on any atom is 0.391 e. The summed E-state index contributed by atoms with van der Waals surface area (Å²) >= 11 is 0. The van der Waals surface area contributed by atoms with E-state index in [0.717, 1.165) is 6.42 Å². The average molecular weight is 291 g/mol. The Morgan fingerprint density at radius 3 is 2.95 bits per heavy atom. The first-order valence-electron chi connectivity index (χ1n) is 6.84. The molecule has 2 rings (SSSR count). The van der Waals surface area contributed by atoms with E-state index in [1.807, 2.05) is 0 Å². The number of methoxy groups -OCH3 is 1. The van der Waals surface area contributed by atoms with E-state index in [4.69, 9.17) is 4.74 Å². The lowest BCUT2D eigenvalue weighted by molar-refractivity contribution is -0.182. The second kappa shape index (κ2) is 6.47. The lowest BCUT2D eigenvalue weighted by Gasteiger charge is -2.31. The number of anilines is 1. The highest BCUT2D eigenvalue weighted by Gasteiger charge is 2.42. The highest BCUT2D eigenvalue weighted by molar-refractivity contribution is 5.33. The summed E-state index contributed by atoms with van der Waals surface area (Å²) in [6.07, 6.45) is -0.550. The minimum atomic E-state index is -4.09. The summed E-state index contributed by atoms with van der Waals surface area (Å²) < 4.78 is 44.9. The fourth-order valence-electron chi connectivity index (χ4n) is 2.58. The summed E-state index contributed by atoms with van der Waals surface area (Å²) in [7, 11) is 1.61. The van der Waals surface area contributed by atoms with Crippen LogP contribution in [-0.2, 0) is 11.3 Å². The van der Waals surface area contributed by atoms with Crippen molar-refractivity contribution in [1.29, 1.82) is 0 Å². The molecular weight excluding hydrogens is 271 g/mol. The molecule has 0 amide bonds. The van der Waals surface area contributed by atoms with Gasteiger partial charge in [0.15, 0.2) is 0 Å². The monoisotopic (exact) mass is 291 g/mol. The first kappa shape index (κ1) is 15.2. The molecular formula is C13H20F3N3O. The molecule has 1 aliphatic carbocycles. The van der Waals surface area contributed by atoms with Gasteiger partial charge in [-0.15, -0.1) is 0 Å². The van der Waals surface area contributed by atoms with Gasteiger partial charge in [-0.25, -0.2) is 0 Å². The fraction of sp³-hybridized carbons (Fsp3) is 0.769. The van der Waals surface area contributed by atoms with Crippen molar-refractivity contribution in [3.05, 3.63) is 12.3 Å². The van der Waals surface area contributed by atoms with Crippen LogP contribution in [0.25, 0.3) is 0 Å². The van der Waals surface area contributed by atoms with Crippen LogP contribution in [0.5, 0.6) is 0 Å². The average Bonchev–Trinajstić information content (AvgIpc) is 2.83. The van der Waals surface area contributed by atoms with E-state index in [1.165, 1.54) is 0 Å². The molecule has 0 unspecified atom stereocenters. The van der Waals surface area contributed by atoms with Crippen LogP contribution in [0.3, 0.4) is 0 Å². The van der Waals surface area contributed by atoms with Gasteiger partial charge >= 0.3 is 6.18 Å². The van der Waals surface area contributed by atoms with E-state index in [-0.39, 0.29) is 18.9 Å². The van der Waals surface area contributed by atoms with Gasteiger partial charge in [-0.2, -0.15) is 18.3 Å². The number of ether oxygens (including phenoxy) is 1. The van der Waals surface area contributed by atoms with E-state index < -0.39 is 12.1 Å². The van der Waals surface area contributed by atoms with Gasteiger partial charge in [-0.1, -0.05) is 6.42 Å². The molecule has 0 saturated heterocycles. The van der Waals surface area contributed by atoms with Gasteiger partial charge in [-0.05, 0) is 19.3 Å². The summed E-state index contributed by atoms with van der Waals surface area (Å²) in [4.78, 5) is 0. The Balaban J connectivity index is 1.87. The number of hydrogen-bond acceptors (Lipinski definition) is 3. The molecule has 2 atom stereocenters. The molecule has 1 aromatic heterocycles. The molecule has 4 nitrogen and oxygen atoms in total. The summed E-state index contributed by atoms with van der Waals surface area (Å²) in [6, 6.07) is 1.63. The van der Waals surface area contributed by atoms with Gasteiger partial charge in [0.05, 0.1) is 19.1 Å². The Labute approximate surface area is 116 Å². The van der Waals surface area contributed by atoms with Crippen molar-refractivity contribution in [2.45, 2.75) is 44.4 Å². The molecule has 0 aliphatic heterocycles. The van der Waals surface area contributed by atoms with Gasteiger partial charge in [0.25, 0.3) is 0 Å². The van der Waals surface area contributed by atoms with E-state index in [9.17, 15) is 13.2 Å². The fourth-order valence-corrected chi connectivity index (χ4v) is 2.58. The molecule has 1 fully saturated rings. The minimum Gasteiger partial charge on any atom is -0.383 e. The lowest BCUT2D eigenvalue weighted by Crippen LogP contribution is -2.34. The summed E-state index contributed by atoms with van der Waals surface area (Å²) in [5, 5.41) is 7.38. The smallest absolute Gasteiger partial charge is 0.383 e. The molecule has 20 heavy (non-hydrogen) atoms. The lowest BCUT2D eigenvalue weighted by atomic mass is 9.85. The Hall–Kier alpha value is -1.24. The second-order valence-corrected chi connectivity index (χ2v) is 5.20. The van der Waals surface area contributed by atoms with Gasteiger partial charge in [-0.3, -0.25) is 4.68 Å².